The molecule has 1 aromatic heterocycles. The summed E-state index contributed by atoms with van der Waals surface area (Å²) in [5, 5.41) is 10.9. The van der Waals surface area contributed by atoms with Crippen LogP contribution in [0.5, 0.6) is 0 Å². The van der Waals surface area contributed by atoms with Crippen LogP contribution in [0, 0.1) is 12.8 Å². The highest BCUT2D eigenvalue weighted by Crippen LogP contribution is 2.23. The molecule has 1 aromatic rings. The Morgan fingerprint density at radius 3 is 2.88 bits per heavy atom. The van der Waals surface area contributed by atoms with Gasteiger partial charge < -0.3 is 5.32 Å². The average Bonchev–Trinajstić information content (AvgIpc) is 2.87. The summed E-state index contributed by atoms with van der Waals surface area (Å²) in [7, 11) is 0. The predicted molar refractivity (Wildman–Crippen MR) is 66.5 cm³/mol. The first-order chi connectivity index (χ1) is 7.74. The Morgan fingerprint density at radius 2 is 2.25 bits per heavy atom. The lowest BCUT2D eigenvalue weighted by Gasteiger charge is -2.16. The van der Waals surface area contributed by atoms with Crippen LogP contribution in [-0.4, -0.2) is 22.8 Å². The number of aryl methyl sites for hydroxylation is 1. The van der Waals surface area contributed by atoms with E-state index < -0.39 is 0 Å². The predicted octanol–water partition coefficient (Wildman–Crippen LogP) is 2.43. The van der Waals surface area contributed by atoms with Gasteiger partial charge in [-0.3, -0.25) is 5.10 Å². The summed E-state index contributed by atoms with van der Waals surface area (Å²) in [5.74, 6) is 0.920. The smallest absolute Gasteiger partial charge is 0.0640 e. The molecule has 0 aromatic carbocycles. The van der Waals surface area contributed by atoms with Crippen LogP contribution < -0.4 is 5.32 Å². The summed E-state index contributed by atoms with van der Waals surface area (Å²) in [6.07, 6.45) is 6.72. The minimum absolute atomic E-state index is 0.531. The van der Waals surface area contributed by atoms with E-state index in [-0.39, 0.29) is 0 Å². The molecular formula is C13H23N3. The lowest BCUT2D eigenvalue weighted by Crippen LogP contribution is -2.32. The molecule has 1 unspecified atom stereocenters. The van der Waals surface area contributed by atoms with Gasteiger partial charge in [0.15, 0.2) is 0 Å². The molecule has 1 atom stereocenters. The highest BCUT2D eigenvalue weighted by Gasteiger charge is 2.15. The Labute approximate surface area is 98.0 Å². The summed E-state index contributed by atoms with van der Waals surface area (Å²) in [5.41, 5.74) is 2.32. The van der Waals surface area contributed by atoms with E-state index in [4.69, 9.17) is 0 Å². The SMILES string of the molecule is Cc1cc(CC(C)NCC2CCCC2)n[nH]1. The topological polar surface area (TPSA) is 40.7 Å². The average molecular weight is 221 g/mol. The van der Waals surface area contributed by atoms with Crippen LogP contribution in [0.1, 0.15) is 44.0 Å². The lowest BCUT2D eigenvalue weighted by molar-refractivity contribution is 0.442. The first-order valence-corrected chi connectivity index (χ1v) is 6.48. The van der Waals surface area contributed by atoms with Crippen molar-refractivity contribution in [3.8, 4) is 0 Å². The summed E-state index contributed by atoms with van der Waals surface area (Å²) in [6.45, 7) is 5.48. The van der Waals surface area contributed by atoms with E-state index in [2.05, 4.69) is 28.5 Å². The van der Waals surface area contributed by atoms with Gasteiger partial charge in [-0.1, -0.05) is 12.8 Å². The summed E-state index contributed by atoms with van der Waals surface area (Å²) < 4.78 is 0. The first-order valence-electron chi connectivity index (χ1n) is 6.48. The Hall–Kier alpha value is -0.830. The maximum atomic E-state index is 4.27. The van der Waals surface area contributed by atoms with E-state index >= 15 is 0 Å². The number of hydrogen-bond acceptors (Lipinski definition) is 2. The number of aromatic amines is 1. The highest BCUT2D eigenvalue weighted by atomic mass is 15.1. The molecule has 90 valence electrons. The van der Waals surface area contributed by atoms with Crippen molar-refractivity contribution < 1.29 is 0 Å². The Morgan fingerprint density at radius 1 is 1.50 bits per heavy atom. The number of H-pyrrole nitrogens is 1. The van der Waals surface area contributed by atoms with Crippen molar-refractivity contribution in [2.24, 2.45) is 5.92 Å². The van der Waals surface area contributed by atoms with E-state index in [0.717, 1.165) is 18.0 Å². The molecule has 1 fully saturated rings. The molecule has 0 saturated heterocycles. The third kappa shape index (κ3) is 3.34. The number of aromatic nitrogens is 2. The molecule has 1 aliphatic carbocycles. The van der Waals surface area contributed by atoms with Crippen molar-refractivity contribution in [2.75, 3.05) is 6.54 Å². The van der Waals surface area contributed by atoms with Crippen LogP contribution in [0.2, 0.25) is 0 Å². The van der Waals surface area contributed by atoms with E-state index in [1.54, 1.807) is 0 Å². The molecule has 0 aliphatic heterocycles. The molecule has 1 aliphatic rings. The molecule has 0 radical (unpaired) electrons. The summed E-state index contributed by atoms with van der Waals surface area (Å²) in [4.78, 5) is 0. The molecule has 3 heteroatoms. The number of rotatable bonds is 5. The van der Waals surface area contributed by atoms with Gasteiger partial charge in [-0.05, 0) is 45.2 Å². The molecule has 1 heterocycles. The second-order valence-corrected chi connectivity index (χ2v) is 5.21. The molecular weight excluding hydrogens is 198 g/mol. The second kappa shape index (κ2) is 5.48. The van der Waals surface area contributed by atoms with Gasteiger partial charge in [0, 0.05) is 18.2 Å². The van der Waals surface area contributed by atoms with E-state index in [9.17, 15) is 0 Å². The van der Waals surface area contributed by atoms with Gasteiger partial charge in [0.2, 0.25) is 0 Å². The zero-order chi connectivity index (χ0) is 11.4. The van der Waals surface area contributed by atoms with E-state index in [1.807, 2.05) is 6.92 Å². The standard InChI is InChI=1S/C13H23N3/c1-10(7-13-8-11(2)15-16-13)14-9-12-5-3-4-6-12/h8,10,12,14H,3-7,9H2,1-2H3,(H,15,16). The van der Waals surface area contributed by atoms with Gasteiger partial charge in [-0.25, -0.2) is 0 Å². The lowest BCUT2D eigenvalue weighted by atomic mass is 10.1. The Balaban J connectivity index is 1.69. The van der Waals surface area contributed by atoms with Gasteiger partial charge in [0.1, 0.15) is 0 Å². The summed E-state index contributed by atoms with van der Waals surface area (Å²) in [6, 6.07) is 2.66. The third-order valence-electron chi connectivity index (χ3n) is 3.50. The Bertz CT molecular complexity index is 313. The highest BCUT2D eigenvalue weighted by molar-refractivity contribution is 5.07. The fourth-order valence-corrected chi connectivity index (χ4v) is 2.55. The molecule has 16 heavy (non-hydrogen) atoms. The van der Waals surface area contributed by atoms with Crippen LogP contribution >= 0.6 is 0 Å². The van der Waals surface area contributed by atoms with E-state index in [0.29, 0.717) is 6.04 Å². The zero-order valence-electron chi connectivity index (χ0n) is 10.4. The largest absolute Gasteiger partial charge is 0.314 e. The minimum atomic E-state index is 0.531. The Kier molecular flexibility index (Phi) is 3.99. The number of nitrogens with zero attached hydrogens (tertiary/aromatic N) is 1. The van der Waals surface area contributed by atoms with Crippen molar-refractivity contribution in [3.05, 3.63) is 17.5 Å². The van der Waals surface area contributed by atoms with Crippen LogP contribution in [-0.2, 0) is 6.42 Å². The summed E-state index contributed by atoms with van der Waals surface area (Å²) >= 11 is 0. The van der Waals surface area contributed by atoms with Crippen LogP contribution in [0.15, 0.2) is 6.07 Å². The second-order valence-electron chi connectivity index (χ2n) is 5.21. The van der Waals surface area contributed by atoms with Crippen molar-refractivity contribution in [1.29, 1.82) is 0 Å². The quantitative estimate of drug-likeness (QED) is 0.801. The van der Waals surface area contributed by atoms with Gasteiger partial charge in [0.25, 0.3) is 0 Å². The fraction of sp³-hybridized carbons (Fsp3) is 0.769. The first kappa shape index (κ1) is 11.6. The van der Waals surface area contributed by atoms with Gasteiger partial charge in [0.05, 0.1) is 5.69 Å². The monoisotopic (exact) mass is 221 g/mol. The molecule has 0 amide bonds. The normalized spacial score (nSPS) is 19.1. The fourth-order valence-electron chi connectivity index (χ4n) is 2.55. The van der Waals surface area contributed by atoms with Crippen LogP contribution in [0.25, 0.3) is 0 Å². The third-order valence-corrected chi connectivity index (χ3v) is 3.50. The molecule has 0 spiro atoms. The molecule has 1 saturated carbocycles. The van der Waals surface area contributed by atoms with Crippen LogP contribution in [0.3, 0.4) is 0 Å². The van der Waals surface area contributed by atoms with E-state index in [1.165, 1.54) is 37.9 Å². The van der Waals surface area contributed by atoms with Crippen molar-refractivity contribution >= 4 is 0 Å². The molecule has 0 bridgehead atoms. The number of hydrogen-bond donors (Lipinski definition) is 2. The maximum Gasteiger partial charge on any atom is 0.0640 e. The number of nitrogens with one attached hydrogen (secondary N) is 2. The van der Waals surface area contributed by atoms with Crippen LogP contribution in [0.4, 0.5) is 0 Å². The molecule has 3 nitrogen and oxygen atoms in total. The van der Waals surface area contributed by atoms with Gasteiger partial charge >= 0.3 is 0 Å². The minimum Gasteiger partial charge on any atom is -0.314 e. The van der Waals surface area contributed by atoms with Gasteiger partial charge in [-0.2, -0.15) is 5.10 Å². The molecule has 2 rings (SSSR count). The van der Waals surface area contributed by atoms with Crippen molar-refractivity contribution in [1.82, 2.24) is 15.5 Å². The maximum absolute atomic E-state index is 4.27. The molecule has 2 N–H and O–H groups in total. The zero-order valence-corrected chi connectivity index (χ0v) is 10.4. The van der Waals surface area contributed by atoms with Gasteiger partial charge in [-0.15, -0.1) is 0 Å². The van der Waals surface area contributed by atoms with Crippen molar-refractivity contribution in [3.63, 3.8) is 0 Å². The van der Waals surface area contributed by atoms with Crippen molar-refractivity contribution in [2.45, 2.75) is 52.0 Å².